The van der Waals surface area contributed by atoms with E-state index in [1.165, 1.54) is 180 Å². The van der Waals surface area contributed by atoms with Crippen molar-refractivity contribution >= 4 is 19.7 Å². The molecule has 0 saturated heterocycles. The molecule has 0 spiro atoms. The van der Waals surface area contributed by atoms with E-state index in [9.17, 15) is 19.0 Å². The van der Waals surface area contributed by atoms with Gasteiger partial charge in [0.1, 0.15) is 19.3 Å². The van der Waals surface area contributed by atoms with Crippen molar-refractivity contribution in [1.82, 2.24) is 5.32 Å². The van der Waals surface area contributed by atoms with Gasteiger partial charge in [-0.2, -0.15) is 0 Å². The summed E-state index contributed by atoms with van der Waals surface area (Å²) in [6.07, 6.45) is 88.5. The van der Waals surface area contributed by atoms with E-state index in [1.54, 1.807) is 0 Å². The number of nitrogens with zero attached hydrogens (tertiary/aromatic N) is 1. The number of nitrogens with one attached hydrogen (secondary N) is 1. The quantitative estimate of drug-likeness (QED) is 0.0205. The monoisotopic (exact) mass is 1220 g/mol. The van der Waals surface area contributed by atoms with Crippen molar-refractivity contribution in [1.29, 1.82) is 0 Å². The number of esters is 1. The van der Waals surface area contributed by atoms with Crippen LogP contribution in [0.5, 0.6) is 0 Å². The Balaban J connectivity index is 5.07. The largest absolute Gasteiger partial charge is 0.472 e. The van der Waals surface area contributed by atoms with Gasteiger partial charge in [0.25, 0.3) is 0 Å². The van der Waals surface area contributed by atoms with Gasteiger partial charge >= 0.3 is 13.8 Å². The van der Waals surface area contributed by atoms with Crippen LogP contribution < -0.4 is 5.32 Å². The zero-order valence-electron chi connectivity index (χ0n) is 57.0. The molecule has 86 heavy (non-hydrogen) atoms. The van der Waals surface area contributed by atoms with E-state index in [4.69, 9.17) is 13.8 Å². The van der Waals surface area contributed by atoms with E-state index < -0.39 is 20.0 Å². The fraction of sp³-hybridized carbons (Fsp3) is 0.763. The number of likely N-dealkylation sites (N-methyl/N-ethyl adjacent to an activating group) is 1. The highest BCUT2D eigenvalue weighted by atomic mass is 31.2. The van der Waals surface area contributed by atoms with Gasteiger partial charge in [-0.15, -0.1) is 0 Å². The van der Waals surface area contributed by atoms with Gasteiger partial charge < -0.3 is 19.4 Å². The van der Waals surface area contributed by atoms with Crippen molar-refractivity contribution in [2.45, 2.75) is 335 Å². The number of hydrogen-bond acceptors (Lipinski definition) is 6. The highest BCUT2D eigenvalue weighted by Gasteiger charge is 2.30. The van der Waals surface area contributed by atoms with Gasteiger partial charge in [-0.05, 0) is 115 Å². The number of phosphoric acid groups is 1. The van der Waals surface area contributed by atoms with Crippen LogP contribution in [0.3, 0.4) is 0 Å². The van der Waals surface area contributed by atoms with Gasteiger partial charge in [-0.3, -0.25) is 18.6 Å². The maximum atomic E-state index is 13.6. The van der Waals surface area contributed by atoms with Crippen LogP contribution >= 0.6 is 7.82 Å². The molecule has 0 rings (SSSR count). The van der Waals surface area contributed by atoms with Crippen LogP contribution in [0.25, 0.3) is 0 Å². The summed E-state index contributed by atoms with van der Waals surface area (Å²) < 4.78 is 30.8. The van der Waals surface area contributed by atoms with Crippen molar-refractivity contribution in [3.63, 3.8) is 0 Å². The molecular weight excluding hydrogens is 1080 g/mol. The third kappa shape index (κ3) is 65.4. The molecule has 10 heteroatoms. The maximum absolute atomic E-state index is 13.6. The number of carbonyl (C=O) groups is 2. The smallest absolute Gasteiger partial charge is 0.456 e. The van der Waals surface area contributed by atoms with Crippen molar-refractivity contribution in [3.8, 4) is 0 Å². The Labute approximate surface area is 532 Å². The molecule has 0 heterocycles. The fourth-order valence-electron chi connectivity index (χ4n) is 10.2. The van der Waals surface area contributed by atoms with Crippen LogP contribution in [-0.4, -0.2) is 74.3 Å². The molecule has 498 valence electrons. The molecule has 0 saturated carbocycles. The number of quaternary nitrogens is 1. The molecule has 9 nitrogen and oxygen atoms in total. The number of amides is 1. The van der Waals surface area contributed by atoms with Gasteiger partial charge in [0.15, 0.2) is 0 Å². The van der Waals surface area contributed by atoms with Gasteiger partial charge in [-0.1, -0.05) is 292 Å². The van der Waals surface area contributed by atoms with Crippen LogP contribution in [0.2, 0.25) is 0 Å². The fourth-order valence-corrected chi connectivity index (χ4v) is 10.9. The van der Waals surface area contributed by atoms with E-state index in [2.05, 4.69) is 111 Å². The number of allylic oxidation sites excluding steroid dienone is 15. The molecule has 0 aliphatic carbocycles. The first-order chi connectivity index (χ1) is 41.9. The lowest BCUT2D eigenvalue weighted by Gasteiger charge is -2.27. The SMILES string of the molecule is CCCCC/C=C\C/C=C\C/C=C\C/C=C\CCCCCCCC(=O)NC(COP(=O)(O)OCC[N+](C)(C)C)C(/C=C\CCCCCCCCCCCC)OC(=O)CCCCCCCCCCCCCCCC/C=C\C/C=C\C/C=C\CCCCC. The molecule has 0 aliphatic rings. The second kappa shape index (κ2) is 64.9. The lowest BCUT2D eigenvalue weighted by Crippen LogP contribution is -2.47. The zero-order valence-corrected chi connectivity index (χ0v) is 57.9. The number of carbonyl (C=O) groups excluding carboxylic acids is 2. The Hall–Kier alpha value is -3.07. The van der Waals surface area contributed by atoms with E-state index in [-0.39, 0.29) is 31.5 Å². The summed E-state index contributed by atoms with van der Waals surface area (Å²) in [5, 5.41) is 3.06. The molecule has 3 unspecified atom stereocenters. The van der Waals surface area contributed by atoms with Crippen molar-refractivity contribution in [3.05, 3.63) is 97.2 Å². The molecule has 0 aromatic rings. The molecule has 0 fully saturated rings. The predicted octanol–water partition coefficient (Wildman–Crippen LogP) is 23.1. The number of rotatable bonds is 65. The first kappa shape index (κ1) is 82.9. The molecule has 2 N–H and O–H groups in total. The lowest BCUT2D eigenvalue weighted by molar-refractivity contribution is -0.870. The van der Waals surface area contributed by atoms with E-state index in [0.29, 0.717) is 17.4 Å². The standard InChI is InChI=1S/C76H137N2O7P/c1-7-10-13-16-19-22-25-28-30-32-34-36-37-38-39-40-41-43-45-47-49-51-54-57-60-63-66-69-76(80)85-74(67-64-61-58-55-52-27-24-21-18-15-12-9-3)73(72-84-86(81,82)83-71-70-78(4,5)6)77-75(79)68-65-62-59-56-53-50-48-46-44-42-35-33-31-29-26-23-20-17-14-11-8-2/h19-20,22-23,28-31,34-36,42,46,48,64,67,73-74H,7-18,21,24-27,32-33,37-41,43-45,47,49-63,65-66,68-72H2,1-6H3,(H-,77,79,81,82)/p+1/b22-19-,23-20-,30-28-,31-29-,36-34-,42-35-,48-46-,67-64-. The normalized spacial score (nSPS) is 14.1. The first-order valence-electron chi connectivity index (χ1n) is 36.1. The van der Waals surface area contributed by atoms with Crippen molar-refractivity contribution in [2.24, 2.45) is 0 Å². The third-order valence-corrected chi connectivity index (χ3v) is 16.7. The average molecular weight is 1220 g/mol. The summed E-state index contributed by atoms with van der Waals surface area (Å²) in [7, 11) is 1.48. The van der Waals surface area contributed by atoms with E-state index >= 15 is 0 Å². The maximum Gasteiger partial charge on any atom is 0.472 e. The Morgan fingerprint density at radius 2 is 0.709 bits per heavy atom. The minimum absolute atomic E-state index is 0.0329. The highest BCUT2D eigenvalue weighted by Crippen LogP contribution is 2.43. The van der Waals surface area contributed by atoms with Crippen molar-refractivity contribution in [2.75, 3.05) is 40.9 Å². The number of ether oxygens (including phenoxy) is 1. The van der Waals surface area contributed by atoms with Crippen LogP contribution in [0.15, 0.2) is 97.2 Å². The molecule has 3 atom stereocenters. The number of unbranched alkanes of at least 4 members (excludes halogenated alkanes) is 35. The van der Waals surface area contributed by atoms with Crippen LogP contribution in [0, 0.1) is 0 Å². The molecular formula is C76H138N2O7P+. The number of phosphoric ester groups is 1. The Morgan fingerprint density at radius 1 is 0.407 bits per heavy atom. The van der Waals surface area contributed by atoms with Gasteiger partial charge in [0.05, 0.1) is 33.8 Å². The molecule has 0 aliphatic heterocycles. The minimum Gasteiger partial charge on any atom is -0.456 e. The summed E-state index contributed by atoms with van der Waals surface area (Å²) in [5.41, 5.74) is 0. The van der Waals surface area contributed by atoms with Crippen LogP contribution in [-0.2, 0) is 27.9 Å². The van der Waals surface area contributed by atoms with E-state index in [0.717, 1.165) is 109 Å². The minimum atomic E-state index is -4.46. The first-order valence-corrected chi connectivity index (χ1v) is 37.6. The molecule has 0 aromatic heterocycles. The molecule has 1 amide bonds. The van der Waals surface area contributed by atoms with Gasteiger partial charge in [0.2, 0.25) is 5.91 Å². The predicted molar refractivity (Wildman–Crippen MR) is 374 cm³/mol. The Morgan fingerprint density at radius 3 is 1.08 bits per heavy atom. The second-order valence-electron chi connectivity index (χ2n) is 25.4. The topological polar surface area (TPSA) is 111 Å². The molecule has 0 radical (unpaired) electrons. The second-order valence-corrected chi connectivity index (χ2v) is 26.9. The Kier molecular flexibility index (Phi) is 62.6. The van der Waals surface area contributed by atoms with Crippen LogP contribution in [0.1, 0.15) is 323 Å². The molecule has 0 aromatic carbocycles. The Bertz CT molecular complexity index is 1790. The average Bonchev–Trinajstić information content (AvgIpc) is 3.66. The van der Waals surface area contributed by atoms with Gasteiger partial charge in [-0.25, -0.2) is 4.57 Å². The van der Waals surface area contributed by atoms with Gasteiger partial charge in [0, 0.05) is 12.8 Å². The summed E-state index contributed by atoms with van der Waals surface area (Å²) in [6, 6.07) is -0.864. The van der Waals surface area contributed by atoms with Crippen molar-refractivity contribution < 1.29 is 37.3 Å². The van der Waals surface area contributed by atoms with E-state index in [1.807, 2.05) is 33.3 Å². The lowest BCUT2D eigenvalue weighted by atomic mass is 10.0. The zero-order chi connectivity index (χ0) is 62.8. The summed E-state index contributed by atoms with van der Waals surface area (Å²) >= 11 is 0. The summed E-state index contributed by atoms with van der Waals surface area (Å²) in [6.45, 7) is 6.96. The highest BCUT2D eigenvalue weighted by molar-refractivity contribution is 7.47. The molecule has 0 bridgehead atoms. The third-order valence-electron chi connectivity index (χ3n) is 15.7. The number of hydrogen-bond donors (Lipinski definition) is 2. The summed E-state index contributed by atoms with van der Waals surface area (Å²) in [4.78, 5) is 37.9. The van der Waals surface area contributed by atoms with Crippen LogP contribution in [0.4, 0.5) is 0 Å². The summed E-state index contributed by atoms with van der Waals surface area (Å²) in [5.74, 6) is -0.522.